The van der Waals surface area contributed by atoms with E-state index in [1.54, 1.807) is 10.9 Å². The Labute approximate surface area is 116 Å². The molecule has 19 heavy (non-hydrogen) atoms. The first-order chi connectivity index (χ1) is 9.20. The third-order valence-electron chi connectivity index (χ3n) is 2.47. The molecule has 1 heterocycles. The molecule has 0 unspecified atom stereocenters. The van der Waals surface area contributed by atoms with Crippen molar-refractivity contribution >= 4 is 18.4 Å². The molecule has 0 spiro atoms. The standard InChI is InChI=1S/C13H16N4OS/c1-3-7-18-12-6-4-5-11(8-12)9-14-17-10(2)15-16-13(17)19/h4-6,8-9H,3,7H2,1-2H3,(H,16,19)/b14-9+. The molecule has 0 aliphatic heterocycles. The minimum absolute atomic E-state index is 0.479. The molecule has 5 nitrogen and oxygen atoms in total. The minimum Gasteiger partial charge on any atom is -0.494 e. The smallest absolute Gasteiger partial charge is 0.216 e. The zero-order chi connectivity index (χ0) is 13.7. The summed E-state index contributed by atoms with van der Waals surface area (Å²) in [5, 5.41) is 11.0. The SMILES string of the molecule is CCCOc1cccc(/C=N/n2c(C)n[nH]c2=S)c1. The van der Waals surface area contributed by atoms with Crippen LogP contribution in [0.4, 0.5) is 0 Å². The van der Waals surface area contributed by atoms with Gasteiger partial charge in [0, 0.05) is 0 Å². The molecule has 6 heteroatoms. The van der Waals surface area contributed by atoms with Crippen molar-refractivity contribution in [1.82, 2.24) is 14.9 Å². The highest BCUT2D eigenvalue weighted by Crippen LogP contribution is 2.12. The van der Waals surface area contributed by atoms with Crippen LogP contribution in [-0.4, -0.2) is 27.7 Å². The first kappa shape index (κ1) is 13.5. The zero-order valence-corrected chi connectivity index (χ0v) is 11.8. The normalized spacial score (nSPS) is 11.1. The maximum absolute atomic E-state index is 5.57. The van der Waals surface area contributed by atoms with E-state index in [1.807, 2.05) is 31.2 Å². The van der Waals surface area contributed by atoms with Crippen LogP contribution < -0.4 is 4.74 Å². The Bertz CT molecular complexity index is 630. The highest BCUT2D eigenvalue weighted by molar-refractivity contribution is 7.71. The van der Waals surface area contributed by atoms with Crippen LogP contribution in [0.5, 0.6) is 5.75 Å². The lowest BCUT2D eigenvalue weighted by atomic mass is 10.2. The molecule has 0 atom stereocenters. The summed E-state index contributed by atoms with van der Waals surface area (Å²) in [6.07, 6.45) is 2.72. The number of rotatable bonds is 5. The average molecular weight is 276 g/mol. The van der Waals surface area contributed by atoms with Crippen LogP contribution in [-0.2, 0) is 0 Å². The number of aromatic nitrogens is 3. The Kier molecular flexibility index (Phi) is 4.46. The van der Waals surface area contributed by atoms with Gasteiger partial charge in [-0.3, -0.25) is 5.10 Å². The van der Waals surface area contributed by atoms with Gasteiger partial charge in [-0.05, 0) is 43.3 Å². The van der Waals surface area contributed by atoms with Gasteiger partial charge in [-0.15, -0.1) is 0 Å². The van der Waals surface area contributed by atoms with Crippen LogP contribution in [0.15, 0.2) is 29.4 Å². The number of nitrogens with one attached hydrogen (secondary N) is 1. The lowest BCUT2D eigenvalue weighted by molar-refractivity contribution is 0.317. The van der Waals surface area contributed by atoms with Crippen LogP contribution in [0.3, 0.4) is 0 Å². The molecule has 0 saturated heterocycles. The Hall–Kier alpha value is -1.95. The second-order valence-corrected chi connectivity index (χ2v) is 4.44. The van der Waals surface area contributed by atoms with Crippen LogP contribution in [0.1, 0.15) is 24.7 Å². The van der Waals surface area contributed by atoms with Crippen molar-refractivity contribution in [1.29, 1.82) is 0 Å². The number of hydrogen-bond donors (Lipinski definition) is 1. The van der Waals surface area contributed by atoms with E-state index in [0.717, 1.165) is 23.6 Å². The van der Waals surface area contributed by atoms with E-state index in [-0.39, 0.29) is 0 Å². The molecule has 0 amide bonds. The highest BCUT2D eigenvalue weighted by Gasteiger charge is 1.98. The first-order valence-corrected chi connectivity index (χ1v) is 6.52. The van der Waals surface area contributed by atoms with Gasteiger partial charge in [0.05, 0.1) is 12.8 Å². The lowest BCUT2D eigenvalue weighted by Crippen LogP contribution is -1.96. The van der Waals surface area contributed by atoms with E-state index in [4.69, 9.17) is 17.0 Å². The van der Waals surface area contributed by atoms with Crippen LogP contribution in [0.25, 0.3) is 0 Å². The predicted molar refractivity (Wildman–Crippen MR) is 77.4 cm³/mol. The Morgan fingerprint density at radius 1 is 1.53 bits per heavy atom. The van der Waals surface area contributed by atoms with Crippen LogP contribution >= 0.6 is 12.2 Å². The molecule has 2 aromatic rings. The number of aromatic amines is 1. The van der Waals surface area contributed by atoms with Crippen molar-refractivity contribution in [3.05, 3.63) is 40.4 Å². The van der Waals surface area contributed by atoms with E-state index in [9.17, 15) is 0 Å². The van der Waals surface area contributed by atoms with Crippen LogP contribution in [0, 0.1) is 11.7 Å². The molecular formula is C13H16N4OS. The maximum atomic E-state index is 5.57. The number of H-pyrrole nitrogens is 1. The van der Waals surface area contributed by atoms with Gasteiger partial charge in [0.1, 0.15) is 11.6 Å². The van der Waals surface area contributed by atoms with E-state index in [1.165, 1.54) is 0 Å². The van der Waals surface area contributed by atoms with Crippen molar-refractivity contribution in [2.75, 3.05) is 6.61 Å². The lowest BCUT2D eigenvalue weighted by Gasteiger charge is -2.04. The minimum atomic E-state index is 0.479. The van der Waals surface area contributed by atoms with Crippen molar-refractivity contribution in [2.45, 2.75) is 20.3 Å². The molecule has 0 saturated carbocycles. The fourth-order valence-corrected chi connectivity index (χ4v) is 1.76. The molecule has 0 radical (unpaired) electrons. The van der Waals surface area contributed by atoms with Gasteiger partial charge >= 0.3 is 0 Å². The summed E-state index contributed by atoms with van der Waals surface area (Å²) in [7, 11) is 0. The molecule has 0 aliphatic carbocycles. The Morgan fingerprint density at radius 3 is 3.05 bits per heavy atom. The number of hydrogen-bond acceptors (Lipinski definition) is 4. The van der Waals surface area contributed by atoms with Crippen molar-refractivity contribution < 1.29 is 4.74 Å². The molecule has 2 rings (SSSR count). The number of nitrogens with zero attached hydrogens (tertiary/aromatic N) is 3. The number of benzene rings is 1. The third kappa shape index (κ3) is 3.51. The molecule has 0 fully saturated rings. The quantitative estimate of drug-likeness (QED) is 0.675. The third-order valence-corrected chi connectivity index (χ3v) is 2.73. The topological polar surface area (TPSA) is 55.2 Å². The molecule has 1 aromatic carbocycles. The molecule has 0 aliphatic rings. The van der Waals surface area contributed by atoms with E-state index in [2.05, 4.69) is 22.2 Å². The largest absolute Gasteiger partial charge is 0.494 e. The van der Waals surface area contributed by atoms with Crippen molar-refractivity contribution in [3.63, 3.8) is 0 Å². The number of ether oxygens (including phenoxy) is 1. The van der Waals surface area contributed by atoms with Gasteiger partial charge < -0.3 is 4.74 Å². The van der Waals surface area contributed by atoms with E-state index >= 15 is 0 Å². The second-order valence-electron chi connectivity index (χ2n) is 4.05. The maximum Gasteiger partial charge on any atom is 0.216 e. The molecule has 0 bridgehead atoms. The summed E-state index contributed by atoms with van der Waals surface area (Å²) in [4.78, 5) is 0. The summed E-state index contributed by atoms with van der Waals surface area (Å²) in [5.74, 6) is 1.57. The van der Waals surface area contributed by atoms with Gasteiger partial charge in [0.2, 0.25) is 4.77 Å². The van der Waals surface area contributed by atoms with Crippen molar-refractivity contribution in [3.8, 4) is 5.75 Å². The summed E-state index contributed by atoms with van der Waals surface area (Å²) >= 11 is 5.08. The molecule has 1 N–H and O–H groups in total. The van der Waals surface area contributed by atoms with Gasteiger partial charge in [0.15, 0.2) is 0 Å². The first-order valence-electron chi connectivity index (χ1n) is 6.12. The van der Waals surface area contributed by atoms with Gasteiger partial charge in [-0.1, -0.05) is 19.1 Å². The molecule has 1 aromatic heterocycles. The Morgan fingerprint density at radius 2 is 2.37 bits per heavy atom. The fraction of sp³-hybridized carbons (Fsp3) is 0.308. The number of aryl methyl sites for hydroxylation is 1. The van der Waals surface area contributed by atoms with Gasteiger partial charge in [-0.2, -0.15) is 14.9 Å². The summed E-state index contributed by atoms with van der Waals surface area (Å²) in [5.41, 5.74) is 0.955. The van der Waals surface area contributed by atoms with Gasteiger partial charge in [-0.25, -0.2) is 0 Å². The van der Waals surface area contributed by atoms with Crippen LogP contribution in [0.2, 0.25) is 0 Å². The van der Waals surface area contributed by atoms with Gasteiger partial charge in [0.25, 0.3) is 0 Å². The summed E-state index contributed by atoms with van der Waals surface area (Å²) in [6.45, 7) is 4.63. The van der Waals surface area contributed by atoms with E-state index < -0.39 is 0 Å². The van der Waals surface area contributed by atoms with E-state index in [0.29, 0.717) is 11.4 Å². The summed E-state index contributed by atoms with van der Waals surface area (Å²) < 4.78 is 7.63. The monoisotopic (exact) mass is 276 g/mol. The predicted octanol–water partition coefficient (Wildman–Crippen LogP) is 2.92. The highest BCUT2D eigenvalue weighted by atomic mass is 32.1. The Balaban J connectivity index is 2.17. The second kappa shape index (κ2) is 6.29. The van der Waals surface area contributed by atoms with Crippen molar-refractivity contribution in [2.24, 2.45) is 5.10 Å². The molecule has 100 valence electrons. The summed E-state index contributed by atoms with van der Waals surface area (Å²) in [6, 6.07) is 7.77. The fourth-order valence-electron chi connectivity index (χ4n) is 1.54. The molecular weight excluding hydrogens is 260 g/mol. The zero-order valence-electron chi connectivity index (χ0n) is 11.0. The average Bonchev–Trinajstić information content (AvgIpc) is 2.74.